The first-order chi connectivity index (χ1) is 12.5. The van der Waals surface area contributed by atoms with Gasteiger partial charge in [-0.2, -0.15) is 0 Å². The minimum absolute atomic E-state index is 0.0876. The number of nitrogens with one attached hydrogen (secondary N) is 2. The van der Waals surface area contributed by atoms with E-state index < -0.39 is 5.97 Å². The van der Waals surface area contributed by atoms with Crippen LogP contribution in [0.1, 0.15) is 18.4 Å². The van der Waals surface area contributed by atoms with E-state index in [9.17, 15) is 9.59 Å². The van der Waals surface area contributed by atoms with Gasteiger partial charge in [0.2, 0.25) is 5.91 Å². The van der Waals surface area contributed by atoms with Gasteiger partial charge in [0.15, 0.2) is 0 Å². The zero-order valence-electron chi connectivity index (χ0n) is 14.4. The molecule has 0 unspecified atom stereocenters. The number of amides is 1. The molecule has 0 spiro atoms. The molecule has 0 aromatic heterocycles. The zero-order valence-corrected chi connectivity index (χ0v) is 15.2. The number of carboxylic acids is 1. The molecule has 6 nitrogen and oxygen atoms in total. The number of ether oxygens (including phenoxy) is 1. The minimum Gasteiger partial charge on any atom is -0.495 e. The van der Waals surface area contributed by atoms with E-state index in [0.29, 0.717) is 29.4 Å². The molecule has 0 radical (unpaired) electrons. The molecule has 0 bridgehead atoms. The van der Waals surface area contributed by atoms with E-state index in [4.69, 9.17) is 21.4 Å². The first-order valence-electron chi connectivity index (χ1n) is 8.16. The molecule has 0 aliphatic carbocycles. The highest BCUT2D eigenvalue weighted by Crippen LogP contribution is 2.27. The molecule has 26 heavy (non-hydrogen) atoms. The van der Waals surface area contributed by atoms with Crippen molar-refractivity contribution in [3.63, 3.8) is 0 Å². The van der Waals surface area contributed by atoms with Crippen molar-refractivity contribution in [1.29, 1.82) is 0 Å². The molecule has 7 heteroatoms. The first kappa shape index (κ1) is 19.6. The summed E-state index contributed by atoms with van der Waals surface area (Å²) in [6.07, 6.45) is 0.829. The van der Waals surface area contributed by atoms with E-state index in [0.717, 1.165) is 11.3 Å². The molecule has 2 rings (SSSR count). The second kappa shape index (κ2) is 9.68. The summed E-state index contributed by atoms with van der Waals surface area (Å²) in [5.41, 5.74) is 2.32. The van der Waals surface area contributed by atoms with Gasteiger partial charge in [0.25, 0.3) is 0 Å². The lowest BCUT2D eigenvalue weighted by Gasteiger charge is -2.11. The Hall–Kier alpha value is -2.73. The second-order valence-corrected chi connectivity index (χ2v) is 6.10. The van der Waals surface area contributed by atoms with Gasteiger partial charge < -0.3 is 20.5 Å². The summed E-state index contributed by atoms with van der Waals surface area (Å²) < 4.78 is 5.24. The van der Waals surface area contributed by atoms with Crippen molar-refractivity contribution >= 4 is 34.9 Å². The van der Waals surface area contributed by atoms with Crippen LogP contribution in [0.25, 0.3) is 0 Å². The number of hydrogen-bond acceptors (Lipinski definition) is 4. The number of benzene rings is 2. The lowest BCUT2D eigenvalue weighted by atomic mass is 10.1. The van der Waals surface area contributed by atoms with Crippen molar-refractivity contribution in [2.45, 2.75) is 19.3 Å². The molecular weight excluding hydrogens is 356 g/mol. The number of aryl methyl sites for hydroxylation is 1. The number of carboxylic acid groups (broad SMARTS) is 1. The molecule has 0 aliphatic heterocycles. The molecule has 3 N–H and O–H groups in total. The van der Waals surface area contributed by atoms with E-state index in [2.05, 4.69) is 10.6 Å². The highest BCUT2D eigenvalue weighted by molar-refractivity contribution is 6.30. The summed E-state index contributed by atoms with van der Waals surface area (Å²) in [6, 6.07) is 12.4. The van der Waals surface area contributed by atoms with Crippen LogP contribution in [0.5, 0.6) is 5.75 Å². The lowest BCUT2D eigenvalue weighted by Crippen LogP contribution is -2.16. The maximum Gasteiger partial charge on any atom is 0.303 e. The molecule has 2 aromatic rings. The van der Waals surface area contributed by atoms with Crippen LogP contribution >= 0.6 is 11.6 Å². The van der Waals surface area contributed by atoms with Gasteiger partial charge >= 0.3 is 5.97 Å². The highest BCUT2D eigenvalue weighted by atomic mass is 35.5. The van der Waals surface area contributed by atoms with Crippen molar-refractivity contribution in [3.05, 3.63) is 53.1 Å². The average Bonchev–Trinajstić information content (AvgIpc) is 2.61. The number of methoxy groups -OCH3 is 1. The SMILES string of the molecule is COc1ccc(Cl)cc1NCCC(=O)Nc1ccc(CCC(=O)O)cc1. The third-order valence-electron chi connectivity index (χ3n) is 3.69. The molecule has 0 aliphatic rings. The molecular formula is C19H21ClN2O4. The van der Waals surface area contributed by atoms with Gasteiger partial charge in [-0.1, -0.05) is 23.7 Å². The fourth-order valence-corrected chi connectivity index (χ4v) is 2.53. The molecule has 0 saturated heterocycles. The van der Waals surface area contributed by atoms with Crippen LogP contribution in [0.3, 0.4) is 0 Å². The standard InChI is InChI=1S/C19H21ClN2O4/c1-26-17-8-5-14(20)12-16(17)21-11-10-18(23)22-15-6-2-13(3-7-15)4-9-19(24)25/h2-3,5-8,12,21H,4,9-11H2,1H3,(H,22,23)(H,24,25). The lowest BCUT2D eigenvalue weighted by molar-refractivity contribution is -0.137. The Labute approximate surface area is 157 Å². The number of rotatable bonds is 9. The number of anilines is 2. The molecule has 0 atom stereocenters. The molecule has 138 valence electrons. The Bertz CT molecular complexity index is 763. The van der Waals surface area contributed by atoms with Crippen LogP contribution in [0.2, 0.25) is 5.02 Å². The number of aliphatic carboxylic acids is 1. The molecule has 0 fully saturated rings. The van der Waals surface area contributed by atoms with Crippen LogP contribution in [-0.2, 0) is 16.0 Å². The summed E-state index contributed by atoms with van der Waals surface area (Å²) in [6.45, 7) is 0.430. The van der Waals surface area contributed by atoms with Gasteiger partial charge in [-0.15, -0.1) is 0 Å². The van der Waals surface area contributed by atoms with Gasteiger partial charge in [-0.3, -0.25) is 9.59 Å². The van der Waals surface area contributed by atoms with Gasteiger partial charge in [-0.25, -0.2) is 0 Å². The van der Waals surface area contributed by atoms with Gasteiger partial charge in [0.1, 0.15) is 5.75 Å². The second-order valence-electron chi connectivity index (χ2n) is 5.66. The average molecular weight is 377 g/mol. The Morgan fingerprint density at radius 1 is 1.12 bits per heavy atom. The maximum atomic E-state index is 12.0. The number of carbonyl (C=O) groups is 2. The molecule has 2 aromatic carbocycles. The summed E-state index contributed by atoms with van der Waals surface area (Å²) in [5, 5.41) is 15.2. The van der Waals surface area contributed by atoms with Crippen molar-refractivity contribution in [2.24, 2.45) is 0 Å². The third-order valence-corrected chi connectivity index (χ3v) is 3.93. The van der Waals surface area contributed by atoms with Gasteiger partial charge in [0, 0.05) is 30.1 Å². The van der Waals surface area contributed by atoms with Crippen molar-refractivity contribution in [2.75, 3.05) is 24.3 Å². The largest absolute Gasteiger partial charge is 0.495 e. The summed E-state index contributed by atoms with van der Waals surface area (Å²) in [7, 11) is 1.57. The highest BCUT2D eigenvalue weighted by Gasteiger charge is 2.06. The van der Waals surface area contributed by atoms with Crippen LogP contribution in [0.15, 0.2) is 42.5 Å². The van der Waals surface area contributed by atoms with Crippen molar-refractivity contribution in [1.82, 2.24) is 0 Å². The van der Waals surface area contributed by atoms with E-state index >= 15 is 0 Å². The van der Waals surface area contributed by atoms with E-state index in [1.165, 1.54) is 0 Å². The van der Waals surface area contributed by atoms with Crippen molar-refractivity contribution < 1.29 is 19.4 Å². The predicted octanol–water partition coefficient (Wildman–Crippen LogP) is 3.81. The minimum atomic E-state index is -0.828. The van der Waals surface area contributed by atoms with E-state index in [1.54, 1.807) is 37.4 Å². The van der Waals surface area contributed by atoms with E-state index in [-0.39, 0.29) is 18.7 Å². The van der Waals surface area contributed by atoms with Gasteiger partial charge in [0.05, 0.1) is 12.8 Å². The Kier molecular flexibility index (Phi) is 7.29. The summed E-state index contributed by atoms with van der Waals surface area (Å²) in [4.78, 5) is 22.6. The predicted molar refractivity (Wildman–Crippen MR) is 102 cm³/mol. The fraction of sp³-hybridized carbons (Fsp3) is 0.263. The van der Waals surface area contributed by atoms with Crippen LogP contribution in [0, 0.1) is 0 Å². The Morgan fingerprint density at radius 3 is 2.50 bits per heavy atom. The quantitative estimate of drug-likeness (QED) is 0.619. The fourth-order valence-electron chi connectivity index (χ4n) is 2.36. The van der Waals surface area contributed by atoms with Gasteiger partial charge in [-0.05, 0) is 42.3 Å². The summed E-state index contributed by atoms with van der Waals surface area (Å²) >= 11 is 5.97. The molecule has 1 amide bonds. The summed E-state index contributed by atoms with van der Waals surface area (Å²) in [5.74, 6) is -0.297. The number of halogens is 1. The van der Waals surface area contributed by atoms with Crippen molar-refractivity contribution in [3.8, 4) is 5.75 Å². The maximum absolute atomic E-state index is 12.0. The van der Waals surface area contributed by atoms with Crippen LogP contribution in [0.4, 0.5) is 11.4 Å². The van der Waals surface area contributed by atoms with Crippen LogP contribution in [-0.4, -0.2) is 30.6 Å². The normalized spacial score (nSPS) is 10.2. The first-order valence-corrected chi connectivity index (χ1v) is 8.53. The number of carbonyl (C=O) groups excluding carboxylic acids is 1. The molecule has 0 heterocycles. The number of hydrogen-bond donors (Lipinski definition) is 3. The monoisotopic (exact) mass is 376 g/mol. The third kappa shape index (κ3) is 6.29. The van der Waals surface area contributed by atoms with E-state index in [1.807, 2.05) is 12.1 Å². The molecule has 0 saturated carbocycles. The Balaban J connectivity index is 1.80. The smallest absolute Gasteiger partial charge is 0.303 e. The Morgan fingerprint density at radius 2 is 1.85 bits per heavy atom. The zero-order chi connectivity index (χ0) is 18.9. The van der Waals surface area contributed by atoms with Crippen LogP contribution < -0.4 is 15.4 Å². The topological polar surface area (TPSA) is 87.7 Å².